The molecule has 0 spiro atoms. The van der Waals surface area contributed by atoms with Gasteiger partial charge in [0.25, 0.3) is 5.78 Å². The van der Waals surface area contributed by atoms with Crippen molar-refractivity contribution in [3.05, 3.63) is 83.4 Å². The van der Waals surface area contributed by atoms with Crippen LogP contribution in [0.1, 0.15) is 24.1 Å². The Labute approximate surface area is 224 Å². The maximum atomic E-state index is 13.5. The third-order valence-corrected chi connectivity index (χ3v) is 7.42. The van der Waals surface area contributed by atoms with E-state index in [1.54, 1.807) is 31.4 Å². The lowest BCUT2D eigenvalue weighted by atomic mass is 9.95. The monoisotopic (exact) mass is 529 g/mol. The van der Waals surface area contributed by atoms with Crippen LogP contribution in [0, 0.1) is 0 Å². The van der Waals surface area contributed by atoms with Crippen molar-refractivity contribution >= 4 is 49.8 Å². The van der Waals surface area contributed by atoms with Gasteiger partial charge in [0.05, 0.1) is 35.5 Å². The third kappa shape index (κ3) is 4.45. The maximum absolute atomic E-state index is 13.5. The van der Waals surface area contributed by atoms with Gasteiger partial charge < -0.3 is 19.5 Å². The molecule has 1 fully saturated rings. The summed E-state index contributed by atoms with van der Waals surface area (Å²) < 4.78 is 11.7. The van der Waals surface area contributed by atoms with Gasteiger partial charge in [0.1, 0.15) is 17.3 Å². The predicted molar refractivity (Wildman–Crippen MR) is 149 cm³/mol. The first-order valence-electron chi connectivity index (χ1n) is 12.1. The van der Waals surface area contributed by atoms with E-state index in [1.165, 1.54) is 16.2 Å². The Morgan fingerprint density at radius 2 is 1.71 bits per heavy atom. The third-order valence-electron chi connectivity index (χ3n) is 6.40. The van der Waals surface area contributed by atoms with Crippen LogP contribution in [0.4, 0.5) is 10.8 Å². The second kappa shape index (κ2) is 10.2. The molecule has 3 aromatic carbocycles. The zero-order chi connectivity index (χ0) is 27.0. The molecule has 1 atom stereocenters. The lowest BCUT2D eigenvalue weighted by Crippen LogP contribution is -2.29. The molecule has 1 saturated heterocycles. The zero-order valence-electron chi connectivity index (χ0n) is 21.5. The number of fused-ring (bicyclic) bond motifs is 1. The standard InChI is InChI=1S/C29H27N3O5S/c1-5-37-21-14-15-22-23(16-21)38-29(30-22)32-25(17-6-10-19(11-7-17)31(2)3)24(27(34)28(32)35)26(33)18-8-12-20(36-4)13-9-18/h6-16,25,33H,5H2,1-4H3/b26-24+. The van der Waals surface area contributed by atoms with Crippen LogP contribution in [0.15, 0.2) is 72.3 Å². The average molecular weight is 530 g/mol. The molecule has 4 aromatic rings. The van der Waals surface area contributed by atoms with Gasteiger partial charge in [-0.3, -0.25) is 14.5 Å². The number of amides is 1. The van der Waals surface area contributed by atoms with E-state index in [4.69, 9.17) is 9.47 Å². The Morgan fingerprint density at radius 3 is 2.34 bits per heavy atom. The Hall–Kier alpha value is -4.37. The minimum Gasteiger partial charge on any atom is -0.507 e. The smallest absolute Gasteiger partial charge is 0.301 e. The molecule has 1 unspecified atom stereocenters. The molecule has 2 heterocycles. The number of anilines is 2. The number of aliphatic hydroxyl groups excluding tert-OH is 1. The number of benzene rings is 3. The van der Waals surface area contributed by atoms with E-state index in [-0.39, 0.29) is 11.3 Å². The summed E-state index contributed by atoms with van der Waals surface area (Å²) in [6.45, 7) is 2.44. The van der Waals surface area contributed by atoms with Crippen molar-refractivity contribution in [1.82, 2.24) is 4.98 Å². The molecule has 1 aliphatic heterocycles. The predicted octanol–water partition coefficient (Wildman–Crippen LogP) is 5.40. The highest BCUT2D eigenvalue weighted by Crippen LogP contribution is 2.45. The van der Waals surface area contributed by atoms with Gasteiger partial charge in [-0.25, -0.2) is 4.98 Å². The summed E-state index contributed by atoms with van der Waals surface area (Å²) in [5, 5.41) is 11.7. The second-order valence-corrected chi connectivity index (χ2v) is 9.95. The van der Waals surface area contributed by atoms with E-state index in [0.717, 1.165) is 10.4 Å². The van der Waals surface area contributed by atoms with E-state index in [9.17, 15) is 14.7 Å². The van der Waals surface area contributed by atoms with Gasteiger partial charge in [0.15, 0.2) is 5.13 Å². The summed E-state index contributed by atoms with van der Waals surface area (Å²) >= 11 is 1.29. The number of rotatable bonds is 7. The van der Waals surface area contributed by atoms with E-state index in [2.05, 4.69) is 4.98 Å². The van der Waals surface area contributed by atoms with Crippen molar-refractivity contribution in [1.29, 1.82) is 0 Å². The summed E-state index contributed by atoms with van der Waals surface area (Å²) in [4.78, 5) is 35.0. The Morgan fingerprint density at radius 1 is 1.03 bits per heavy atom. The van der Waals surface area contributed by atoms with Crippen LogP contribution in [-0.2, 0) is 9.59 Å². The van der Waals surface area contributed by atoms with Crippen LogP contribution in [-0.4, -0.2) is 49.6 Å². The van der Waals surface area contributed by atoms with Gasteiger partial charge in [-0.1, -0.05) is 23.5 Å². The molecule has 5 rings (SSSR count). The molecule has 1 aromatic heterocycles. The molecule has 38 heavy (non-hydrogen) atoms. The fourth-order valence-electron chi connectivity index (χ4n) is 4.46. The number of thiazole rings is 1. The van der Waals surface area contributed by atoms with E-state index >= 15 is 0 Å². The Balaban J connectivity index is 1.67. The molecular weight excluding hydrogens is 502 g/mol. The van der Waals surface area contributed by atoms with Crippen LogP contribution in [0.3, 0.4) is 0 Å². The highest BCUT2D eigenvalue weighted by molar-refractivity contribution is 7.22. The number of carbonyl (C=O) groups excluding carboxylic acids is 2. The molecule has 0 bridgehead atoms. The molecular formula is C29H27N3O5S. The number of hydrogen-bond donors (Lipinski definition) is 1. The van der Waals surface area contributed by atoms with Crippen molar-refractivity contribution < 1.29 is 24.2 Å². The average Bonchev–Trinajstić information content (AvgIpc) is 3.46. The summed E-state index contributed by atoms with van der Waals surface area (Å²) in [6.07, 6.45) is 0. The summed E-state index contributed by atoms with van der Waals surface area (Å²) in [6, 6.07) is 18.9. The summed E-state index contributed by atoms with van der Waals surface area (Å²) in [7, 11) is 5.41. The quantitative estimate of drug-likeness (QED) is 0.195. The van der Waals surface area contributed by atoms with Gasteiger partial charge in [0.2, 0.25) is 0 Å². The summed E-state index contributed by atoms with van der Waals surface area (Å²) in [5.41, 5.74) is 2.74. The van der Waals surface area contributed by atoms with E-state index in [1.807, 2.05) is 68.4 Å². The lowest BCUT2D eigenvalue weighted by molar-refractivity contribution is -0.132. The molecule has 0 aliphatic carbocycles. The second-order valence-electron chi connectivity index (χ2n) is 8.94. The summed E-state index contributed by atoms with van der Waals surface area (Å²) in [5.74, 6) is -0.457. The van der Waals surface area contributed by atoms with Crippen molar-refractivity contribution in [3.8, 4) is 11.5 Å². The molecule has 0 saturated carbocycles. The van der Waals surface area contributed by atoms with Crippen molar-refractivity contribution in [2.24, 2.45) is 0 Å². The minimum atomic E-state index is -0.861. The zero-order valence-corrected chi connectivity index (χ0v) is 22.3. The number of carbonyl (C=O) groups is 2. The number of nitrogens with zero attached hydrogens (tertiary/aromatic N) is 3. The van der Waals surface area contributed by atoms with Crippen LogP contribution in [0.2, 0.25) is 0 Å². The number of aliphatic hydroxyl groups is 1. The van der Waals surface area contributed by atoms with Gasteiger partial charge >= 0.3 is 5.91 Å². The number of Topliss-reactive ketones (excluding diaryl/α,β-unsaturated/α-hetero) is 1. The fourth-order valence-corrected chi connectivity index (χ4v) is 5.48. The van der Waals surface area contributed by atoms with E-state index < -0.39 is 17.7 Å². The van der Waals surface area contributed by atoms with Crippen LogP contribution < -0.4 is 19.3 Å². The molecule has 1 amide bonds. The number of ether oxygens (including phenoxy) is 2. The number of hydrogen-bond acceptors (Lipinski definition) is 8. The number of methoxy groups -OCH3 is 1. The highest BCUT2D eigenvalue weighted by Gasteiger charge is 2.48. The lowest BCUT2D eigenvalue weighted by Gasteiger charge is -2.23. The molecule has 8 nitrogen and oxygen atoms in total. The van der Waals surface area contributed by atoms with Gasteiger partial charge in [-0.2, -0.15) is 0 Å². The minimum absolute atomic E-state index is 0.00651. The van der Waals surface area contributed by atoms with Crippen LogP contribution >= 0.6 is 11.3 Å². The topological polar surface area (TPSA) is 92.2 Å². The van der Waals surface area contributed by atoms with E-state index in [0.29, 0.717) is 39.9 Å². The fraction of sp³-hybridized carbons (Fsp3) is 0.207. The molecule has 1 aliphatic rings. The van der Waals surface area contributed by atoms with Crippen LogP contribution in [0.25, 0.3) is 16.0 Å². The Kier molecular flexibility index (Phi) is 6.77. The molecule has 0 radical (unpaired) electrons. The largest absolute Gasteiger partial charge is 0.507 e. The first kappa shape index (κ1) is 25.3. The molecule has 1 N–H and O–H groups in total. The normalized spacial score (nSPS) is 16.7. The first-order chi connectivity index (χ1) is 18.3. The van der Waals surface area contributed by atoms with Gasteiger partial charge in [-0.15, -0.1) is 0 Å². The van der Waals surface area contributed by atoms with Crippen LogP contribution in [0.5, 0.6) is 11.5 Å². The number of ketones is 1. The molecule has 194 valence electrons. The first-order valence-corrected chi connectivity index (χ1v) is 12.9. The SMILES string of the molecule is CCOc1ccc2nc(N3C(=O)C(=O)/C(=C(/O)c4ccc(OC)cc4)C3c3ccc(N(C)C)cc3)sc2c1. The van der Waals surface area contributed by atoms with Crippen molar-refractivity contribution in [3.63, 3.8) is 0 Å². The Bertz CT molecular complexity index is 1540. The van der Waals surface area contributed by atoms with Gasteiger partial charge in [0, 0.05) is 25.3 Å². The maximum Gasteiger partial charge on any atom is 0.301 e. The van der Waals surface area contributed by atoms with Crippen molar-refractivity contribution in [2.75, 3.05) is 37.6 Å². The van der Waals surface area contributed by atoms with Crippen molar-refractivity contribution in [2.45, 2.75) is 13.0 Å². The van der Waals surface area contributed by atoms with Gasteiger partial charge in [-0.05, 0) is 67.1 Å². The highest BCUT2D eigenvalue weighted by atomic mass is 32.1. The molecule has 9 heteroatoms. The number of aromatic nitrogens is 1.